The van der Waals surface area contributed by atoms with E-state index in [9.17, 15) is 24.0 Å². The van der Waals surface area contributed by atoms with Crippen LogP contribution in [0.2, 0.25) is 0 Å². The molecule has 256 valence electrons. The third-order valence-corrected chi connectivity index (χ3v) is 7.77. The molecule has 13 heteroatoms. The van der Waals surface area contributed by atoms with Crippen molar-refractivity contribution < 1.29 is 42.9 Å². The second kappa shape index (κ2) is 15.8. The lowest BCUT2D eigenvalue weighted by Gasteiger charge is -2.31. The number of benzene rings is 2. The zero-order valence-electron chi connectivity index (χ0n) is 28.3. The Balaban J connectivity index is 2.07. The van der Waals surface area contributed by atoms with Crippen LogP contribution in [-0.4, -0.2) is 87.2 Å². The van der Waals surface area contributed by atoms with Crippen LogP contribution in [0.25, 0.3) is 11.1 Å². The van der Waals surface area contributed by atoms with E-state index in [4.69, 9.17) is 24.7 Å². The van der Waals surface area contributed by atoms with E-state index in [-0.39, 0.29) is 25.8 Å². The molecule has 3 rings (SSSR count). The minimum Gasteiger partial charge on any atom is -0.496 e. The lowest BCUT2D eigenvalue weighted by atomic mass is 9.89. The van der Waals surface area contributed by atoms with E-state index in [1.54, 1.807) is 58.0 Å². The third kappa shape index (κ3) is 9.44. The molecule has 1 aliphatic heterocycles. The first-order valence-electron chi connectivity index (χ1n) is 15.3. The van der Waals surface area contributed by atoms with Gasteiger partial charge < -0.3 is 40.2 Å². The molecule has 0 aromatic heterocycles. The first-order chi connectivity index (χ1) is 22.1. The van der Waals surface area contributed by atoms with Crippen molar-refractivity contribution in [3.05, 3.63) is 47.5 Å². The predicted octanol–water partition coefficient (Wildman–Crippen LogP) is 2.92. The summed E-state index contributed by atoms with van der Waals surface area (Å²) in [5.74, 6) is -2.00. The molecule has 0 spiro atoms. The smallest absolute Gasteiger partial charge is 0.407 e. The quantitative estimate of drug-likeness (QED) is 0.359. The molecule has 2 aromatic carbocycles. The van der Waals surface area contributed by atoms with Crippen LogP contribution >= 0.6 is 0 Å². The summed E-state index contributed by atoms with van der Waals surface area (Å²) in [4.78, 5) is 67.0. The maximum absolute atomic E-state index is 14.0. The van der Waals surface area contributed by atoms with E-state index in [2.05, 4.69) is 10.6 Å². The molecule has 0 unspecified atom stereocenters. The fourth-order valence-electron chi connectivity index (χ4n) is 5.37. The number of carbonyl (C=O) groups is 5. The van der Waals surface area contributed by atoms with Crippen molar-refractivity contribution in [3.8, 4) is 22.6 Å². The predicted molar refractivity (Wildman–Crippen MR) is 174 cm³/mol. The maximum atomic E-state index is 14.0. The SMILES string of the molecule is COC(=O)[C@@H]1Cc2ccc(OC)c(c2)-c2cc(ccc2OC)[C@H](N(C)C(=O)[C@@H](N)CCNC(=O)OC(C)(C)C)C(=O)C[C@@H](C)C(=O)N1. The molecule has 2 aromatic rings. The molecule has 0 radical (unpaired) electrons. The molecule has 0 saturated carbocycles. The Morgan fingerprint density at radius 2 is 1.62 bits per heavy atom. The highest BCUT2D eigenvalue weighted by atomic mass is 16.6. The highest BCUT2D eigenvalue weighted by molar-refractivity contribution is 5.95. The Bertz CT molecular complexity index is 1490. The van der Waals surface area contributed by atoms with Gasteiger partial charge in [-0.2, -0.15) is 0 Å². The van der Waals surface area contributed by atoms with Gasteiger partial charge in [-0.25, -0.2) is 9.59 Å². The van der Waals surface area contributed by atoms with E-state index in [0.717, 1.165) is 0 Å². The van der Waals surface area contributed by atoms with Crippen molar-refractivity contribution in [2.24, 2.45) is 11.7 Å². The number of Topliss-reactive ketones (excluding diaryl/α,β-unsaturated/α-hetero) is 1. The van der Waals surface area contributed by atoms with Gasteiger partial charge in [0.25, 0.3) is 0 Å². The van der Waals surface area contributed by atoms with Gasteiger partial charge in [-0.15, -0.1) is 0 Å². The van der Waals surface area contributed by atoms with Gasteiger partial charge in [-0.3, -0.25) is 14.4 Å². The number of likely N-dealkylation sites (N-methyl/N-ethyl adjacent to an activating group) is 1. The molecule has 4 N–H and O–H groups in total. The van der Waals surface area contributed by atoms with Crippen molar-refractivity contribution in [2.75, 3.05) is 34.9 Å². The van der Waals surface area contributed by atoms with E-state index in [1.165, 1.54) is 33.3 Å². The van der Waals surface area contributed by atoms with Crippen LogP contribution in [0.1, 0.15) is 57.7 Å². The highest BCUT2D eigenvalue weighted by Crippen LogP contribution is 2.40. The molecule has 0 fully saturated rings. The van der Waals surface area contributed by atoms with E-state index in [1.807, 2.05) is 6.07 Å². The first-order valence-corrected chi connectivity index (χ1v) is 15.3. The number of ether oxygens (including phenoxy) is 4. The average Bonchev–Trinajstić information content (AvgIpc) is 3.02. The van der Waals surface area contributed by atoms with Crippen LogP contribution in [0.4, 0.5) is 4.79 Å². The lowest BCUT2D eigenvalue weighted by Crippen LogP contribution is -2.48. The van der Waals surface area contributed by atoms with Crippen LogP contribution in [0, 0.1) is 5.92 Å². The number of fused-ring (bicyclic) bond motifs is 5. The standard InChI is InChI=1S/C34H46N4O9/c1-19-15-26(39)29(38(5)31(41)24(35)13-14-36-33(43)47-34(2,3)4)21-10-12-28(45-7)23(18-21)22-16-20(9-11-27(22)44-6)17-25(32(42)46-8)37-30(19)40/h9-12,16,18-19,24-25,29H,13-15,17,35H2,1-8H3,(H,36,43)(H,37,40)/t19-,24+,25+,29+/m1/s1. The summed E-state index contributed by atoms with van der Waals surface area (Å²) < 4.78 is 21.5. The van der Waals surface area contributed by atoms with Crippen molar-refractivity contribution >= 4 is 29.7 Å². The van der Waals surface area contributed by atoms with Gasteiger partial charge in [0.2, 0.25) is 11.8 Å². The highest BCUT2D eigenvalue weighted by Gasteiger charge is 2.35. The minimum atomic E-state index is -1.14. The Hall–Kier alpha value is -4.65. The number of esters is 1. The average molecular weight is 655 g/mol. The number of nitrogens with zero attached hydrogens (tertiary/aromatic N) is 1. The first kappa shape index (κ1) is 36.8. The monoisotopic (exact) mass is 654 g/mol. The Morgan fingerprint density at radius 3 is 2.21 bits per heavy atom. The summed E-state index contributed by atoms with van der Waals surface area (Å²) in [6.45, 7) is 6.85. The van der Waals surface area contributed by atoms with Crippen molar-refractivity contribution in [2.45, 2.75) is 70.7 Å². The number of rotatable bonds is 8. The number of alkyl carbamates (subject to hydrolysis) is 1. The van der Waals surface area contributed by atoms with Crippen LogP contribution in [-0.2, 0) is 35.1 Å². The summed E-state index contributed by atoms with van der Waals surface area (Å²) in [6.07, 6.45) is -0.681. The van der Waals surface area contributed by atoms with Crippen LogP contribution in [0.15, 0.2) is 36.4 Å². The fourth-order valence-corrected chi connectivity index (χ4v) is 5.37. The lowest BCUT2D eigenvalue weighted by molar-refractivity contribution is -0.145. The van der Waals surface area contributed by atoms with Gasteiger partial charge in [0.05, 0.1) is 27.4 Å². The summed E-state index contributed by atoms with van der Waals surface area (Å²) in [7, 11) is 5.74. The van der Waals surface area contributed by atoms with Crippen molar-refractivity contribution in [1.29, 1.82) is 0 Å². The number of hydrogen-bond donors (Lipinski definition) is 3. The molecule has 1 aliphatic rings. The van der Waals surface area contributed by atoms with Gasteiger partial charge >= 0.3 is 12.1 Å². The summed E-state index contributed by atoms with van der Waals surface area (Å²) >= 11 is 0. The molecule has 0 saturated heterocycles. The molecule has 0 aliphatic carbocycles. The van der Waals surface area contributed by atoms with Crippen molar-refractivity contribution in [1.82, 2.24) is 15.5 Å². The largest absolute Gasteiger partial charge is 0.496 e. The minimum absolute atomic E-state index is 0.0651. The van der Waals surface area contributed by atoms with Gasteiger partial charge in [0.1, 0.15) is 29.2 Å². The molecule has 1 heterocycles. The van der Waals surface area contributed by atoms with E-state index in [0.29, 0.717) is 33.8 Å². The molecular weight excluding hydrogens is 608 g/mol. The Labute approximate surface area is 275 Å². The van der Waals surface area contributed by atoms with Gasteiger partial charge in [-0.05, 0) is 62.6 Å². The molecule has 13 nitrogen and oxygen atoms in total. The zero-order chi connectivity index (χ0) is 35.1. The fraction of sp³-hybridized carbons (Fsp3) is 0.500. The van der Waals surface area contributed by atoms with E-state index < -0.39 is 59.3 Å². The second-order valence-electron chi connectivity index (χ2n) is 12.5. The summed E-state index contributed by atoms with van der Waals surface area (Å²) in [5, 5.41) is 5.31. The summed E-state index contributed by atoms with van der Waals surface area (Å²) in [6, 6.07) is 7.25. The molecular formula is C34H46N4O9. The number of methoxy groups -OCH3 is 3. The van der Waals surface area contributed by atoms with Crippen LogP contribution < -0.4 is 25.8 Å². The Kier molecular flexibility index (Phi) is 12.3. The Morgan fingerprint density at radius 1 is 1.00 bits per heavy atom. The number of hydrogen-bond acceptors (Lipinski definition) is 10. The maximum Gasteiger partial charge on any atom is 0.407 e. The molecule has 4 atom stereocenters. The second-order valence-corrected chi connectivity index (χ2v) is 12.5. The molecule has 4 bridgehead atoms. The molecule has 47 heavy (non-hydrogen) atoms. The number of carbonyl (C=O) groups excluding carboxylic acids is 5. The summed E-state index contributed by atoms with van der Waals surface area (Å²) in [5.41, 5.74) is 7.93. The van der Waals surface area contributed by atoms with Crippen molar-refractivity contribution in [3.63, 3.8) is 0 Å². The van der Waals surface area contributed by atoms with Crippen LogP contribution in [0.5, 0.6) is 11.5 Å². The molecule has 3 amide bonds. The van der Waals surface area contributed by atoms with Gasteiger partial charge in [0, 0.05) is 43.5 Å². The van der Waals surface area contributed by atoms with Gasteiger partial charge in [0.15, 0.2) is 5.78 Å². The third-order valence-electron chi connectivity index (χ3n) is 7.77. The topological polar surface area (TPSA) is 176 Å². The van der Waals surface area contributed by atoms with Crippen LogP contribution in [0.3, 0.4) is 0 Å². The number of nitrogens with two attached hydrogens (primary N) is 1. The van der Waals surface area contributed by atoms with E-state index >= 15 is 0 Å². The normalized spacial score (nSPS) is 19.0. The zero-order valence-corrected chi connectivity index (χ0v) is 28.3. The number of ketones is 1. The van der Waals surface area contributed by atoms with Gasteiger partial charge in [-0.1, -0.05) is 19.1 Å². The number of nitrogens with one attached hydrogen (secondary N) is 2. The number of amides is 3.